The molecule has 0 aliphatic heterocycles. The van der Waals surface area contributed by atoms with Gasteiger partial charge in [0.1, 0.15) is 5.69 Å². The van der Waals surface area contributed by atoms with E-state index in [1.54, 1.807) is 53.6 Å². The molecule has 4 nitrogen and oxygen atoms in total. The van der Waals surface area contributed by atoms with Crippen LogP contribution in [0.4, 0.5) is 0 Å². The van der Waals surface area contributed by atoms with Gasteiger partial charge in [-0.25, -0.2) is 4.68 Å². The highest BCUT2D eigenvalue weighted by atomic mass is 35.5. The number of carbonyl (C=O) groups excluding carboxylic acids is 1. The van der Waals surface area contributed by atoms with Gasteiger partial charge in [0.25, 0.3) is 0 Å². The second-order valence-electron chi connectivity index (χ2n) is 4.33. The van der Waals surface area contributed by atoms with Gasteiger partial charge in [-0.1, -0.05) is 23.2 Å². The Balaban J connectivity index is 2.14. The van der Waals surface area contributed by atoms with Gasteiger partial charge < -0.3 is 0 Å². The maximum Gasteiger partial charge on any atom is 0.153 e. The molecule has 3 aromatic rings. The lowest BCUT2D eigenvalue weighted by Crippen LogP contribution is -1.95. The van der Waals surface area contributed by atoms with Gasteiger partial charge in [0.15, 0.2) is 6.29 Å². The third-order valence-corrected chi connectivity index (χ3v) is 3.52. The summed E-state index contributed by atoms with van der Waals surface area (Å²) in [6, 6.07) is 8.69. The Kier molecular flexibility index (Phi) is 3.73. The van der Waals surface area contributed by atoms with Gasteiger partial charge in [0.2, 0.25) is 0 Å². The van der Waals surface area contributed by atoms with E-state index in [-0.39, 0.29) is 0 Å². The van der Waals surface area contributed by atoms with Gasteiger partial charge in [0, 0.05) is 29.2 Å². The molecule has 0 unspecified atom stereocenters. The van der Waals surface area contributed by atoms with Crippen LogP contribution in [0.5, 0.6) is 0 Å². The third-order valence-electron chi connectivity index (χ3n) is 2.98. The summed E-state index contributed by atoms with van der Waals surface area (Å²) in [7, 11) is 0. The fourth-order valence-corrected chi connectivity index (χ4v) is 2.49. The maximum absolute atomic E-state index is 11.3. The Bertz CT molecular complexity index is 800. The summed E-state index contributed by atoms with van der Waals surface area (Å²) in [6.07, 6.45) is 5.71. The lowest BCUT2D eigenvalue weighted by Gasteiger charge is -2.04. The number of benzene rings is 1. The zero-order valence-corrected chi connectivity index (χ0v) is 12.2. The third kappa shape index (κ3) is 2.68. The lowest BCUT2D eigenvalue weighted by molar-refractivity contribution is 0.112. The van der Waals surface area contributed by atoms with E-state index in [0.29, 0.717) is 27.0 Å². The van der Waals surface area contributed by atoms with Crippen molar-refractivity contribution >= 4 is 29.5 Å². The average Bonchev–Trinajstić information content (AvgIpc) is 2.92. The van der Waals surface area contributed by atoms with Crippen LogP contribution < -0.4 is 0 Å². The zero-order valence-electron chi connectivity index (χ0n) is 10.7. The number of hydrogen-bond donors (Lipinski definition) is 0. The van der Waals surface area contributed by atoms with Crippen molar-refractivity contribution in [2.24, 2.45) is 0 Å². The predicted molar refractivity (Wildman–Crippen MR) is 82.2 cm³/mol. The minimum absolute atomic E-state index is 0.462. The summed E-state index contributed by atoms with van der Waals surface area (Å²) in [5.41, 5.74) is 2.53. The van der Waals surface area contributed by atoms with Gasteiger partial charge >= 0.3 is 0 Å². The van der Waals surface area contributed by atoms with Crippen molar-refractivity contribution < 1.29 is 4.79 Å². The van der Waals surface area contributed by atoms with Crippen molar-refractivity contribution in [3.8, 4) is 16.9 Å². The van der Waals surface area contributed by atoms with Crippen LogP contribution in [0.2, 0.25) is 10.0 Å². The first-order chi connectivity index (χ1) is 10.2. The van der Waals surface area contributed by atoms with Crippen molar-refractivity contribution in [2.75, 3.05) is 0 Å². The molecule has 0 radical (unpaired) electrons. The summed E-state index contributed by atoms with van der Waals surface area (Å²) >= 11 is 12.1. The van der Waals surface area contributed by atoms with E-state index >= 15 is 0 Å². The van der Waals surface area contributed by atoms with Gasteiger partial charge in [-0.05, 0) is 30.3 Å². The Morgan fingerprint density at radius 1 is 1.10 bits per heavy atom. The highest BCUT2D eigenvalue weighted by Crippen LogP contribution is 2.27. The summed E-state index contributed by atoms with van der Waals surface area (Å²) in [5, 5.41) is 5.45. The highest BCUT2D eigenvalue weighted by molar-refractivity contribution is 6.35. The molecule has 0 saturated heterocycles. The first kappa shape index (κ1) is 13.8. The van der Waals surface area contributed by atoms with E-state index in [2.05, 4.69) is 10.1 Å². The van der Waals surface area contributed by atoms with Gasteiger partial charge in [-0.3, -0.25) is 9.78 Å². The average molecular weight is 318 g/mol. The molecule has 0 bridgehead atoms. The van der Waals surface area contributed by atoms with Crippen LogP contribution in [0, 0.1) is 0 Å². The molecular formula is C15H9Cl2N3O. The van der Waals surface area contributed by atoms with Crippen LogP contribution in [0.3, 0.4) is 0 Å². The lowest BCUT2D eigenvalue weighted by atomic mass is 10.1. The standard InChI is InChI=1S/C15H9Cl2N3O/c16-12-1-2-14(13(17)7-12)20-8-11(9-21)15(19-20)10-3-5-18-6-4-10/h1-9H. The molecule has 0 aliphatic carbocycles. The normalized spacial score (nSPS) is 10.6. The van der Waals surface area contributed by atoms with Crippen LogP contribution in [0.1, 0.15) is 10.4 Å². The van der Waals surface area contributed by atoms with Crippen molar-refractivity contribution in [1.29, 1.82) is 0 Å². The molecule has 0 spiro atoms. The Labute approximate surface area is 131 Å². The number of carbonyl (C=O) groups is 1. The van der Waals surface area contributed by atoms with E-state index < -0.39 is 0 Å². The smallest absolute Gasteiger partial charge is 0.153 e. The van der Waals surface area contributed by atoms with E-state index in [1.165, 1.54) is 0 Å². The van der Waals surface area contributed by atoms with Crippen LogP contribution in [0.15, 0.2) is 48.9 Å². The van der Waals surface area contributed by atoms with Crippen LogP contribution in [-0.2, 0) is 0 Å². The van der Waals surface area contributed by atoms with Crippen molar-refractivity contribution in [2.45, 2.75) is 0 Å². The molecule has 0 aliphatic rings. The fraction of sp³-hybridized carbons (Fsp3) is 0. The molecule has 0 atom stereocenters. The molecule has 0 N–H and O–H groups in total. The second-order valence-corrected chi connectivity index (χ2v) is 5.17. The molecule has 0 saturated carbocycles. The molecule has 1 aromatic carbocycles. The summed E-state index contributed by atoms with van der Waals surface area (Å²) in [5.74, 6) is 0. The quantitative estimate of drug-likeness (QED) is 0.684. The largest absolute Gasteiger partial charge is 0.298 e. The number of aldehydes is 1. The summed E-state index contributed by atoms with van der Waals surface area (Å²) in [6.45, 7) is 0. The van der Waals surface area contributed by atoms with Crippen LogP contribution in [0.25, 0.3) is 16.9 Å². The molecule has 104 valence electrons. The molecule has 0 fully saturated rings. The molecule has 21 heavy (non-hydrogen) atoms. The minimum atomic E-state index is 0.462. The number of aromatic nitrogens is 3. The Hall–Kier alpha value is -2.17. The van der Waals surface area contributed by atoms with Gasteiger partial charge in [-0.15, -0.1) is 0 Å². The molecular weight excluding hydrogens is 309 g/mol. The second kappa shape index (κ2) is 5.68. The van der Waals surface area contributed by atoms with Crippen LogP contribution in [-0.4, -0.2) is 21.1 Å². The SMILES string of the molecule is O=Cc1cn(-c2ccc(Cl)cc2Cl)nc1-c1ccncc1. The first-order valence-corrected chi connectivity index (χ1v) is 6.85. The van der Waals surface area contributed by atoms with Gasteiger partial charge in [0.05, 0.1) is 16.3 Å². The molecule has 0 amide bonds. The fourth-order valence-electron chi connectivity index (χ4n) is 2.00. The van der Waals surface area contributed by atoms with E-state index in [0.717, 1.165) is 11.8 Å². The Morgan fingerprint density at radius 2 is 1.86 bits per heavy atom. The maximum atomic E-state index is 11.3. The van der Waals surface area contributed by atoms with Crippen molar-refractivity contribution in [3.05, 3.63) is 64.5 Å². The molecule has 3 rings (SSSR count). The number of halogens is 2. The van der Waals surface area contributed by atoms with Crippen molar-refractivity contribution in [3.63, 3.8) is 0 Å². The number of hydrogen-bond acceptors (Lipinski definition) is 3. The zero-order chi connectivity index (χ0) is 14.8. The summed E-state index contributed by atoms with van der Waals surface area (Å²) in [4.78, 5) is 15.2. The number of pyridine rings is 1. The van der Waals surface area contributed by atoms with Crippen LogP contribution >= 0.6 is 23.2 Å². The molecule has 2 aromatic heterocycles. The summed E-state index contributed by atoms with van der Waals surface area (Å²) < 4.78 is 1.57. The molecule has 2 heterocycles. The topological polar surface area (TPSA) is 47.8 Å². The Morgan fingerprint density at radius 3 is 2.52 bits per heavy atom. The van der Waals surface area contributed by atoms with Gasteiger partial charge in [-0.2, -0.15) is 5.10 Å². The predicted octanol–water partition coefficient (Wildman–Crippen LogP) is 4.05. The highest BCUT2D eigenvalue weighted by Gasteiger charge is 2.13. The first-order valence-electron chi connectivity index (χ1n) is 6.09. The molecule has 6 heteroatoms. The number of rotatable bonds is 3. The van der Waals surface area contributed by atoms with Crippen molar-refractivity contribution in [1.82, 2.24) is 14.8 Å². The monoisotopic (exact) mass is 317 g/mol. The minimum Gasteiger partial charge on any atom is -0.298 e. The van der Waals surface area contributed by atoms with E-state index in [9.17, 15) is 4.79 Å². The van der Waals surface area contributed by atoms with E-state index in [4.69, 9.17) is 23.2 Å². The number of nitrogens with zero attached hydrogens (tertiary/aromatic N) is 3. The van der Waals surface area contributed by atoms with E-state index in [1.807, 2.05) is 0 Å².